The summed E-state index contributed by atoms with van der Waals surface area (Å²) in [6, 6.07) is 41.1. The molecule has 0 saturated heterocycles. The van der Waals surface area contributed by atoms with Gasteiger partial charge in [0.15, 0.2) is 5.82 Å². The maximum Gasteiger partial charge on any atom is 0.163 e. The topological polar surface area (TPSA) is 63.8 Å². The molecule has 0 fully saturated rings. The first-order valence-corrected chi connectivity index (χ1v) is 13.5. The van der Waals surface area contributed by atoms with Gasteiger partial charge in [-0.1, -0.05) is 84.9 Å². The number of aromatic nitrogens is 4. The fourth-order valence-corrected chi connectivity index (χ4v) is 5.33. The van der Waals surface area contributed by atoms with Crippen LogP contribution in [-0.2, 0) is 7.05 Å². The molecule has 7 rings (SSSR count). The third-order valence-corrected chi connectivity index (χ3v) is 7.46. The number of benzene rings is 4. The number of fused-ring (bicyclic) bond motifs is 1. The fraction of sp³-hybridized carbons (Fsp3) is 0.0278. The van der Waals surface area contributed by atoms with E-state index in [2.05, 4.69) is 89.9 Å². The van der Waals surface area contributed by atoms with Crippen LogP contribution in [0.4, 0.5) is 0 Å². The standard InChI is InChI=1S/C36H26N4O/c1-40-32-13-6-12-30(34(32)39-36(40)35-33(41)14-7-20-38-35)28-10-5-11-29(22-28)31-23-27(19-21-37-31)26-17-15-25(16-18-26)24-8-3-2-4-9-24/h2-23,41H,1H3. The molecule has 4 aromatic carbocycles. The van der Waals surface area contributed by atoms with E-state index in [1.54, 1.807) is 18.3 Å². The fourth-order valence-electron chi connectivity index (χ4n) is 5.33. The van der Waals surface area contributed by atoms with E-state index in [-0.39, 0.29) is 5.75 Å². The minimum Gasteiger partial charge on any atom is -0.506 e. The molecule has 196 valence electrons. The van der Waals surface area contributed by atoms with Crippen LogP contribution in [0.1, 0.15) is 0 Å². The van der Waals surface area contributed by atoms with Gasteiger partial charge in [0.1, 0.15) is 11.4 Å². The van der Waals surface area contributed by atoms with Crippen molar-refractivity contribution in [2.45, 2.75) is 0 Å². The van der Waals surface area contributed by atoms with E-state index in [4.69, 9.17) is 9.97 Å². The van der Waals surface area contributed by atoms with Gasteiger partial charge in [0, 0.05) is 30.6 Å². The van der Waals surface area contributed by atoms with Crippen molar-refractivity contribution in [2.75, 3.05) is 0 Å². The number of nitrogens with zero attached hydrogens (tertiary/aromatic N) is 4. The average Bonchev–Trinajstić information content (AvgIpc) is 3.38. The highest BCUT2D eigenvalue weighted by molar-refractivity contribution is 5.95. The second-order valence-corrected chi connectivity index (χ2v) is 9.99. The van der Waals surface area contributed by atoms with Gasteiger partial charge in [0.2, 0.25) is 0 Å². The minimum atomic E-state index is 0.107. The molecule has 3 aromatic heterocycles. The molecular weight excluding hydrogens is 504 g/mol. The zero-order chi connectivity index (χ0) is 27.8. The first-order chi connectivity index (χ1) is 20.2. The summed E-state index contributed by atoms with van der Waals surface area (Å²) >= 11 is 0. The van der Waals surface area contributed by atoms with Crippen LogP contribution in [0.3, 0.4) is 0 Å². The van der Waals surface area contributed by atoms with E-state index in [9.17, 15) is 5.11 Å². The summed E-state index contributed by atoms with van der Waals surface area (Å²) in [5.74, 6) is 0.726. The van der Waals surface area contributed by atoms with E-state index in [1.807, 2.05) is 42.1 Å². The Morgan fingerprint density at radius 1 is 0.561 bits per heavy atom. The lowest BCUT2D eigenvalue weighted by Crippen LogP contribution is -1.94. The number of imidazole rings is 1. The molecule has 3 heterocycles. The van der Waals surface area contributed by atoms with Gasteiger partial charge in [-0.25, -0.2) is 9.97 Å². The SMILES string of the molecule is Cn1c(-c2ncccc2O)nc2c(-c3cccc(-c4cc(-c5ccc(-c6ccccc6)cc5)ccn4)c3)cccc21. The Balaban J connectivity index is 1.25. The highest BCUT2D eigenvalue weighted by atomic mass is 16.3. The number of aryl methyl sites for hydroxylation is 1. The van der Waals surface area contributed by atoms with Gasteiger partial charge < -0.3 is 9.67 Å². The predicted octanol–water partition coefficient (Wildman–Crippen LogP) is 8.40. The lowest BCUT2D eigenvalue weighted by molar-refractivity contribution is 0.474. The molecule has 0 radical (unpaired) electrons. The molecule has 41 heavy (non-hydrogen) atoms. The van der Waals surface area contributed by atoms with Gasteiger partial charge in [-0.15, -0.1) is 0 Å². The average molecular weight is 531 g/mol. The van der Waals surface area contributed by atoms with Crippen LogP contribution in [0.2, 0.25) is 0 Å². The van der Waals surface area contributed by atoms with Crippen LogP contribution in [-0.4, -0.2) is 24.6 Å². The number of pyridine rings is 2. The molecule has 0 atom stereocenters. The molecule has 0 spiro atoms. The molecule has 5 heteroatoms. The third-order valence-electron chi connectivity index (χ3n) is 7.46. The quantitative estimate of drug-likeness (QED) is 0.243. The molecule has 0 aliphatic carbocycles. The molecule has 0 aliphatic rings. The monoisotopic (exact) mass is 530 g/mol. The first-order valence-electron chi connectivity index (χ1n) is 13.5. The number of aromatic hydroxyl groups is 1. The predicted molar refractivity (Wildman–Crippen MR) is 165 cm³/mol. The van der Waals surface area contributed by atoms with Gasteiger partial charge in [0.25, 0.3) is 0 Å². The molecule has 0 amide bonds. The Hall–Kier alpha value is -5.55. The summed E-state index contributed by atoms with van der Waals surface area (Å²) < 4.78 is 1.97. The number of para-hydroxylation sites is 1. The largest absolute Gasteiger partial charge is 0.506 e. The van der Waals surface area contributed by atoms with Crippen LogP contribution in [0, 0.1) is 0 Å². The van der Waals surface area contributed by atoms with E-state index >= 15 is 0 Å². The van der Waals surface area contributed by atoms with E-state index in [1.165, 1.54) is 11.1 Å². The molecule has 0 bridgehead atoms. The Morgan fingerprint density at radius 3 is 2.07 bits per heavy atom. The van der Waals surface area contributed by atoms with E-state index in [0.717, 1.165) is 44.5 Å². The second-order valence-electron chi connectivity index (χ2n) is 9.99. The smallest absolute Gasteiger partial charge is 0.163 e. The van der Waals surface area contributed by atoms with Crippen LogP contribution in [0.5, 0.6) is 5.75 Å². The van der Waals surface area contributed by atoms with Crippen molar-refractivity contribution in [3.05, 3.63) is 134 Å². The molecule has 5 nitrogen and oxygen atoms in total. The van der Waals surface area contributed by atoms with Crippen molar-refractivity contribution in [3.63, 3.8) is 0 Å². The first kappa shape index (κ1) is 24.5. The van der Waals surface area contributed by atoms with Crippen LogP contribution in [0.15, 0.2) is 134 Å². The van der Waals surface area contributed by atoms with Crippen molar-refractivity contribution in [1.29, 1.82) is 0 Å². The zero-order valence-corrected chi connectivity index (χ0v) is 22.4. The van der Waals surface area contributed by atoms with Gasteiger partial charge >= 0.3 is 0 Å². The number of rotatable bonds is 5. The van der Waals surface area contributed by atoms with Crippen LogP contribution >= 0.6 is 0 Å². The summed E-state index contributed by atoms with van der Waals surface area (Å²) in [5, 5.41) is 10.4. The Morgan fingerprint density at radius 2 is 1.27 bits per heavy atom. The summed E-state index contributed by atoms with van der Waals surface area (Å²) in [6.45, 7) is 0. The molecule has 0 aliphatic heterocycles. The molecule has 7 aromatic rings. The summed E-state index contributed by atoms with van der Waals surface area (Å²) in [5.41, 5.74) is 10.9. The summed E-state index contributed by atoms with van der Waals surface area (Å²) in [7, 11) is 1.95. The summed E-state index contributed by atoms with van der Waals surface area (Å²) in [4.78, 5) is 14.0. The highest BCUT2D eigenvalue weighted by Crippen LogP contribution is 2.35. The highest BCUT2D eigenvalue weighted by Gasteiger charge is 2.17. The van der Waals surface area contributed by atoms with Gasteiger partial charge in [-0.2, -0.15) is 0 Å². The lowest BCUT2D eigenvalue weighted by atomic mass is 9.98. The third kappa shape index (κ3) is 4.53. The maximum absolute atomic E-state index is 10.4. The Kier molecular flexibility index (Phi) is 6.10. The Bertz CT molecular complexity index is 2010. The van der Waals surface area contributed by atoms with E-state index < -0.39 is 0 Å². The van der Waals surface area contributed by atoms with Gasteiger partial charge in [0.05, 0.1) is 16.7 Å². The Labute approximate surface area is 238 Å². The summed E-state index contributed by atoms with van der Waals surface area (Å²) in [6.07, 6.45) is 3.53. The number of hydrogen-bond acceptors (Lipinski definition) is 4. The van der Waals surface area contributed by atoms with Crippen molar-refractivity contribution in [1.82, 2.24) is 19.5 Å². The normalized spacial score (nSPS) is 11.1. The van der Waals surface area contributed by atoms with Crippen molar-refractivity contribution >= 4 is 11.0 Å². The minimum absolute atomic E-state index is 0.107. The molecule has 0 saturated carbocycles. The lowest BCUT2D eigenvalue weighted by Gasteiger charge is -2.09. The molecule has 0 unspecified atom stereocenters. The zero-order valence-electron chi connectivity index (χ0n) is 22.4. The van der Waals surface area contributed by atoms with E-state index in [0.29, 0.717) is 11.5 Å². The van der Waals surface area contributed by atoms with Crippen molar-refractivity contribution in [3.8, 4) is 61.9 Å². The van der Waals surface area contributed by atoms with Crippen LogP contribution < -0.4 is 0 Å². The van der Waals surface area contributed by atoms with Crippen molar-refractivity contribution in [2.24, 2.45) is 7.05 Å². The number of hydrogen-bond donors (Lipinski definition) is 1. The second kappa shape index (κ2) is 10.2. The molecule has 1 N–H and O–H groups in total. The maximum atomic E-state index is 10.4. The molecular formula is C36H26N4O. The van der Waals surface area contributed by atoms with Gasteiger partial charge in [-0.05, 0) is 64.2 Å². The van der Waals surface area contributed by atoms with Crippen LogP contribution in [0.25, 0.3) is 67.2 Å². The van der Waals surface area contributed by atoms with Gasteiger partial charge in [-0.3, -0.25) is 4.98 Å². The van der Waals surface area contributed by atoms with Crippen molar-refractivity contribution < 1.29 is 5.11 Å².